The van der Waals surface area contributed by atoms with Gasteiger partial charge in [0.2, 0.25) is 0 Å². The van der Waals surface area contributed by atoms with Crippen molar-refractivity contribution in [2.75, 3.05) is 0 Å². The molecule has 0 saturated carbocycles. The van der Waals surface area contributed by atoms with Gasteiger partial charge in [0, 0.05) is 0 Å². The van der Waals surface area contributed by atoms with Crippen LogP contribution in [0, 0.1) is 5.92 Å². The van der Waals surface area contributed by atoms with E-state index in [1.807, 2.05) is 0 Å². The van der Waals surface area contributed by atoms with Crippen molar-refractivity contribution in [1.82, 2.24) is 0 Å². The molecule has 0 aromatic rings. The summed E-state index contributed by atoms with van der Waals surface area (Å²) in [5, 5.41) is 0. The van der Waals surface area contributed by atoms with Crippen LogP contribution in [0.3, 0.4) is 0 Å². The van der Waals surface area contributed by atoms with Crippen molar-refractivity contribution in [2.24, 2.45) is 5.92 Å². The summed E-state index contributed by atoms with van der Waals surface area (Å²) in [4.78, 5) is 0. The molecule has 2 aliphatic carbocycles. The third-order valence-corrected chi connectivity index (χ3v) is 6.08. The van der Waals surface area contributed by atoms with Crippen LogP contribution in [-0.4, -0.2) is 0 Å². The summed E-state index contributed by atoms with van der Waals surface area (Å²) < 4.78 is 3.46. The molecule has 0 nitrogen and oxygen atoms in total. The molecule has 0 fully saturated rings. The quantitative estimate of drug-likeness (QED) is 0.527. The summed E-state index contributed by atoms with van der Waals surface area (Å²) in [6, 6.07) is 0. The zero-order chi connectivity index (χ0) is 11.0. The number of rotatable bonds is 2. The molecule has 92 valence electrons. The Bertz CT molecular complexity index is 414. The molecular formula is C14H18Cl2Ti. The number of halogens is 2. The van der Waals surface area contributed by atoms with Gasteiger partial charge in [-0.3, -0.25) is 0 Å². The Hall–Kier alpha value is 0.254. The summed E-state index contributed by atoms with van der Waals surface area (Å²) >= 11 is -0.0244. The van der Waals surface area contributed by atoms with Gasteiger partial charge in [0.15, 0.2) is 0 Å². The molecule has 0 heterocycles. The zero-order valence-electron chi connectivity index (χ0n) is 10.8. The summed E-state index contributed by atoms with van der Waals surface area (Å²) in [5.41, 5.74) is 4.61. The van der Waals surface area contributed by atoms with Crippen LogP contribution in [0.4, 0.5) is 0 Å². The topological polar surface area (TPSA) is 0 Å². The first-order valence-electron chi connectivity index (χ1n) is 5.61. The molecule has 0 bridgehead atoms. The average molecular weight is 305 g/mol. The fraction of sp³-hybridized carbons (Fsp3) is 0.429. The second kappa shape index (κ2) is 6.99. The van der Waals surface area contributed by atoms with Crippen LogP contribution >= 0.6 is 0 Å². The minimum atomic E-state index is -0.0244. The van der Waals surface area contributed by atoms with Crippen molar-refractivity contribution < 1.29 is 44.0 Å². The van der Waals surface area contributed by atoms with Crippen molar-refractivity contribution >= 4 is 0 Å². The van der Waals surface area contributed by atoms with Gasteiger partial charge in [0.25, 0.3) is 0 Å². The van der Waals surface area contributed by atoms with E-state index >= 15 is 0 Å². The van der Waals surface area contributed by atoms with Crippen LogP contribution in [0.2, 0.25) is 0 Å². The monoisotopic (exact) mass is 304 g/mol. The van der Waals surface area contributed by atoms with E-state index in [1.165, 1.54) is 17.6 Å². The normalized spacial score (nSPS) is 22.1. The van der Waals surface area contributed by atoms with Gasteiger partial charge >= 0.3 is 102 Å². The number of hydrogen-bond acceptors (Lipinski definition) is 0. The van der Waals surface area contributed by atoms with Crippen LogP contribution in [0.5, 0.6) is 0 Å². The Labute approximate surface area is 126 Å². The van der Waals surface area contributed by atoms with E-state index in [9.17, 15) is 0 Å². The van der Waals surface area contributed by atoms with E-state index < -0.39 is 0 Å². The largest absolute Gasteiger partial charge is 1.00 e. The Morgan fingerprint density at radius 1 is 1.12 bits per heavy atom. The van der Waals surface area contributed by atoms with Gasteiger partial charge in [0.1, 0.15) is 0 Å². The molecule has 0 N–H and O–H groups in total. The van der Waals surface area contributed by atoms with Crippen molar-refractivity contribution in [3.63, 3.8) is 0 Å². The fourth-order valence-electron chi connectivity index (χ4n) is 2.16. The molecule has 2 rings (SSSR count). The minimum absolute atomic E-state index is 0. The van der Waals surface area contributed by atoms with Crippen molar-refractivity contribution in [3.8, 4) is 0 Å². The van der Waals surface area contributed by atoms with Crippen LogP contribution in [0.15, 0.2) is 42.7 Å². The van der Waals surface area contributed by atoms with E-state index in [0.717, 1.165) is 0 Å². The van der Waals surface area contributed by atoms with Gasteiger partial charge in [-0.1, -0.05) is 0 Å². The molecule has 0 amide bonds. The second-order valence-corrected chi connectivity index (χ2v) is 6.91. The summed E-state index contributed by atoms with van der Waals surface area (Å²) in [6.45, 7) is 9.10. The first-order chi connectivity index (χ1) is 7.08. The van der Waals surface area contributed by atoms with E-state index in [0.29, 0.717) is 5.92 Å². The molecule has 0 aromatic heterocycles. The molecule has 0 saturated heterocycles. The van der Waals surface area contributed by atoms with Crippen molar-refractivity contribution in [3.05, 3.63) is 42.7 Å². The molecule has 0 aliphatic heterocycles. The number of allylic oxidation sites excluding steroid dienone is 8. The van der Waals surface area contributed by atoms with Crippen LogP contribution in [0.1, 0.15) is 34.1 Å². The van der Waals surface area contributed by atoms with Crippen LogP contribution < -0.4 is 24.8 Å². The SMILES string of the molecule is CC1=C(C)C[C]([Ti+2][C]2=C(C)C=CC2C)=C1.[Cl-].[Cl-]. The van der Waals surface area contributed by atoms with E-state index in [1.54, 1.807) is 13.3 Å². The fourth-order valence-corrected chi connectivity index (χ4v) is 4.65. The van der Waals surface area contributed by atoms with Gasteiger partial charge in [-0.25, -0.2) is 0 Å². The summed E-state index contributed by atoms with van der Waals surface area (Å²) in [5.74, 6) is 0.701. The first-order valence-corrected chi connectivity index (χ1v) is 7.17. The third kappa shape index (κ3) is 3.86. The van der Waals surface area contributed by atoms with E-state index in [-0.39, 0.29) is 44.0 Å². The first kappa shape index (κ1) is 17.3. The Kier molecular flexibility index (Phi) is 7.10. The zero-order valence-corrected chi connectivity index (χ0v) is 13.8. The van der Waals surface area contributed by atoms with Crippen LogP contribution in [-0.2, 0) is 19.2 Å². The van der Waals surface area contributed by atoms with Gasteiger partial charge in [-0.05, 0) is 0 Å². The van der Waals surface area contributed by atoms with E-state index in [2.05, 4.69) is 45.9 Å². The Morgan fingerprint density at radius 3 is 2.18 bits per heavy atom. The summed E-state index contributed by atoms with van der Waals surface area (Å²) in [6.07, 6.45) is 8.32. The molecule has 0 spiro atoms. The molecule has 2 aliphatic rings. The van der Waals surface area contributed by atoms with Gasteiger partial charge in [0.05, 0.1) is 0 Å². The second-order valence-electron chi connectivity index (χ2n) is 4.68. The van der Waals surface area contributed by atoms with Gasteiger partial charge in [-0.2, -0.15) is 0 Å². The average Bonchev–Trinajstić information content (AvgIpc) is 2.64. The minimum Gasteiger partial charge on any atom is -1.00 e. The predicted molar refractivity (Wildman–Crippen MR) is 62.1 cm³/mol. The smallest absolute Gasteiger partial charge is 1.00 e. The molecule has 0 aromatic carbocycles. The maximum atomic E-state index is 2.43. The molecule has 1 atom stereocenters. The van der Waals surface area contributed by atoms with Gasteiger partial charge < -0.3 is 24.8 Å². The molecular weight excluding hydrogens is 287 g/mol. The Morgan fingerprint density at radius 2 is 1.76 bits per heavy atom. The van der Waals surface area contributed by atoms with Gasteiger partial charge in [-0.15, -0.1) is 0 Å². The van der Waals surface area contributed by atoms with Crippen molar-refractivity contribution in [2.45, 2.75) is 34.1 Å². The summed E-state index contributed by atoms with van der Waals surface area (Å²) in [7, 11) is 0. The maximum Gasteiger partial charge on any atom is -1.00 e. The molecule has 3 heteroatoms. The van der Waals surface area contributed by atoms with E-state index in [4.69, 9.17) is 0 Å². The predicted octanol–water partition coefficient (Wildman–Crippen LogP) is -1.82. The van der Waals surface area contributed by atoms with Crippen LogP contribution in [0.25, 0.3) is 0 Å². The standard InChI is InChI=1S/2C7H9.2ClH.Ti/c1-6-3-4-7(2)5-6;1-6-4-3-5-7(6)2;;;/h3-4,6H,1-2H3;4H,5H2,1-2H3;2*1H;/q;;;;+2/p-2. The Balaban J connectivity index is 0.00000128. The van der Waals surface area contributed by atoms with Crippen molar-refractivity contribution in [1.29, 1.82) is 0 Å². The molecule has 1 unspecified atom stereocenters. The molecule has 0 radical (unpaired) electrons. The maximum absolute atomic E-state index is 2.43. The number of hydrogen-bond donors (Lipinski definition) is 0. The third-order valence-electron chi connectivity index (χ3n) is 3.33. The molecule has 17 heavy (non-hydrogen) atoms.